The van der Waals surface area contributed by atoms with Crippen molar-refractivity contribution in [1.82, 2.24) is 9.55 Å². The van der Waals surface area contributed by atoms with Crippen molar-refractivity contribution in [1.29, 1.82) is 0 Å². The Morgan fingerprint density at radius 1 is 1.20 bits per heavy atom. The molecule has 1 radical (unpaired) electrons. The summed E-state index contributed by atoms with van der Waals surface area (Å²) in [4.78, 5) is 3.59. The molecule has 0 atom stereocenters. The Labute approximate surface area is 114 Å². The third-order valence-electron chi connectivity index (χ3n) is 2.23. The molecule has 1 heterocycles. The van der Waals surface area contributed by atoms with Gasteiger partial charge in [0, 0.05) is 12.4 Å². The van der Waals surface area contributed by atoms with Gasteiger partial charge in [-0.1, -0.05) is 17.7 Å². The van der Waals surface area contributed by atoms with E-state index in [1.165, 1.54) is 29.1 Å². The first-order chi connectivity index (χ1) is 9.22. The second-order valence-corrected chi connectivity index (χ2v) is 3.98. The van der Waals surface area contributed by atoms with E-state index in [2.05, 4.69) is 16.0 Å². The summed E-state index contributed by atoms with van der Waals surface area (Å²) in [7, 11) is 0. The van der Waals surface area contributed by atoms with E-state index in [0.717, 1.165) is 6.07 Å². The summed E-state index contributed by atoms with van der Waals surface area (Å²) in [5.74, 6) is -0.798. The highest BCUT2D eigenvalue weighted by atomic mass is 35.5. The monoisotopic (exact) mass is 311 g/mol. The highest BCUT2D eigenvalue weighted by Crippen LogP contribution is 2.40. The summed E-state index contributed by atoms with van der Waals surface area (Å²) in [6, 6.07) is 3.51. The van der Waals surface area contributed by atoms with Crippen LogP contribution in [0.4, 0.5) is 22.0 Å². The van der Waals surface area contributed by atoms with Gasteiger partial charge in [0.15, 0.2) is 6.33 Å². The number of ether oxygens (including phenoxy) is 1. The molecule has 0 bridgehead atoms. The second kappa shape index (κ2) is 4.93. The molecular weight excluding hydrogens is 307 g/mol. The van der Waals surface area contributed by atoms with Crippen LogP contribution in [0, 0.1) is 6.33 Å². The third kappa shape index (κ3) is 2.69. The van der Waals surface area contributed by atoms with E-state index < -0.39 is 23.1 Å². The maximum Gasteiger partial charge on any atom is 0.499 e. The van der Waals surface area contributed by atoms with Crippen molar-refractivity contribution in [3.8, 4) is 11.4 Å². The zero-order valence-corrected chi connectivity index (χ0v) is 10.2. The molecule has 0 spiro atoms. The lowest BCUT2D eigenvalue weighted by Gasteiger charge is -2.21. The van der Waals surface area contributed by atoms with E-state index in [1.807, 2.05) is 0 Å². The molecule has 0 aliphatic carbocycles. The van der Waals surface area contributed by atoms with Gasteiger partial charge in [-0.25, -0.2) is 4.98 Å². The maximum atomic E-state index is 12.8. The third-order valence-corrected chi connectivity index (χ3v) is 2.61. The van der Waals surface area contributed by atoms with Crippen molar-refractivity contribution >= 4 is 11.6 Å². The van der Waals surface area contributed by atoms with Crippen molar-refractivity contribution in [3.63, 3.8) is 0 Å². The molecule has 0 amide bonds. The fourth-order valence-electron chi connectivity index (χ4n) is 1.32. The molecule has 107 valence electrons. The first-order valence-electron chi connectivity index (χ1n) is 5.06. The zero-order chi connectivity index (χ0) is 15.0. The first-order valence-corrected chi connectivity index (χ1v) is 5.43. The normalized spacial score (nSPS) is 12.5. The summed E-state index contributed by atoms with van der Waals surface area (Å²) in [5, 5.41) is -0.411. The van der Waals surface area contributed by atoms with E-state index in [-0.39, 0.29) is 5.69 Å². The number of hydrogen-bond acceptors (Lipinski definition) is 2. The van der Waals surface area contributed by atoms with Gasteiger partial charge in [0.05, 0.1) is 5.69 Å². The van der Waals surface area contributed by atoms with Crippen LogP contribution in [0.15, 0.2) is 30.6 Å². The molecule has 0 N–H and O–H groups in total. The molecule has 20 heavy (non-hydrogen) atoms. The van der Waals surface area contributed by atoms with E-state index >= 15 is 0 Å². The molecule has 1 aromatic carbocycles. The molecule has 0 aliphatic heterocycles. The van der Waals surface area contributed by atoms with Gasteiger partial charge in [0.2, 0.25) is 0 Å². The van der Waals surface area contributed by atoms with Crippen molar-refractivity contribution in [2.75, 3.05) is 0 Å². The average molecular weight is 312 g/mol. The van der Waals surface area contributed by atoms with Gasteiger partial charge in [-0.05, 0) is 12.1 Å². The van der Waals surface area contributed by atoms with Gasteiger partial charge in [0.1, 0.15) is 10.8 Å². The van der Waals surface area contributed by atoms with Gasteiger partial charge in [-0.3, -0.25) is 4.57 Å². The molecule has 0 unspecified atom stereocenters. The molecule has 9 heteroatoms. The largest absolute Gasteiger partial charge is 0.499 e. The summed E-state index contributed by atoms with van der Waals surface area (Å²) in [6.07, 6.45) is -6.01. The van der Waals surface area contributed by atoms with Crippen LogP contribution in [0.3, 0.4) is 0 Å². The Kier molecular flexibility index (Phi) is 3.59. The second-order valence-electron chi connectivity index (χ2n) is 3.60. The Bertz CT molecular complexity index is 597. The Morgan fingerprint density at radius 3 is 2.45 bits per heavy atom. The standard InChI is InChI=1S/C11H5ClF5N2O/c12-9-7(19-5-4-18-6-19)2-1-3-8(9)20-11(16,17)10(13,14)15/h1-5H. The molecule has 0 fully saturated rings. The number of alkyl halides is 5. The first kappa shape index (κ1) is 14.6. The van der Waals surface area contributed by atoms with E-state index in [1.54, 1.807) is 0 Å². The quantitative estimate of drug-likeness (QED) is 0.805. The van der Waals surface area contributed by atoms with Crippen LogP contribution in [0.5, 0.6) is 5.75 Å². The smallest absolute Gasteiger partial charge is 0.424 e. The van der Waals surface area contributed by atoms with Crippen molar-refractivity contribution in [2.24, 2.45) is 0 Å². The fraction of sp³-hybridized carbons (Fsp3) is 0.182. The minimum absolute atomic E-state index is 0.111. The Hall–Kier alpha value is -1.83. The zero-order valence-electron chi connectivity index (χ0n) is 9.46. The van der Waals surface area contributed by atoms with E-state index in [9.17, 15) is 22.0 Å². The minimum Gasteiger partial charge on any atom is -0.424 e. The van der Waals surface area contributed by atoms with Crippen LogP contribution in [0.2, 0.25) is 5.02 Å². The number of imidazole rings is 1. The molecule has 3 nitrogen and oxygen atoms in total. The van der Waals surface area contributed by atoms with E-state index in [0.29, 0.717) is 0 Å². The molecule has 0 saturated heterocycles. The summed E-state index contributed by atoms with van der Waals surface area (Å²) in [5.41, 5.74) is 0.111. The predicted octanol–water partition coefficient (Wildman–Crippen LogP) is 3.86. The lowest BCUT2D eigenvalue weighted by atomic mass is 10.3. The average Bonchev–Trinajstić information content (AvgIpc) is 2.83. The maximum absolute atomic E-state index is 12.8. The van der Waals surface area contributed by atoms with Gasteiger partial charge in [-0.15, -0.1) is 0 Å². The predicted molar refractivity (Wildman–Crippen MR) is 59.0 cm³/mol. The van der Waals surface area contributed by atoms with Crippen molar-refractivity contribution in [2.45, 2.75) is 12.3 Å². The molecular formula is C11H5ClF5N2O. The van der Waals surface area contributed by atoms with Crippen LogP contribution in [0.1, 0.15) is 0 Å². The van der Waals surface area contributed by atoms with Crippen molar-refractivity contribution < 1.29 is 26.7 Å². The van der Waals surface area contributed by atoms with Crippen molar-refractivity contribution in [3.05, 3.63) is 41.9 Å². The van der Waals surface area contributed by atoms with Crippen LogP contribution < -0.4 is 4.74 Å². The molecule has 2 aromatic rings. The van der Waals surface area contributed by atoms with Crippen LogP contribution in [-0.2, 0) is 0 Å². The van der Waals surface area contributed by atoms with Gasteiger partial charge >= 0.3 is 12.3 Å². The Balaban J connectivity index is 2.38. The van der Waals surface area contributed by atoms with E-state index in [4.69, 9.17) is 11.6 Å². The lowest BCUT2D eigenvalue weighted by Crippen LogP contribution is -2.41. The number of nitrogens with zero attached hydrogens (tertiary/aromatic N) is 2. The minimum atomic E-state index is -5.84. The van der Waals surface area contributed by atoms with Crippen LogP contribution >= 0.6 is 11.6 Å². The number of hydrogen-bond donors (Lipinski definition) is 0. The molecule has 0 aliphatic rings. The lowest BCUT2D eigenvalue weighted by molar-refractivity contribution is -0.360. The van der Waals surface area contributed by atoms with Gasteiger partial charge < -0.3 is 4.74 Å². The SMILES string of the molecule is FC(F)(F)C(F)(F)Oc1cccc(-n2[c]ncc2)c1Cl. The molecule has 1 aromatic heterocycles. The summed E-state index contributed by atoms with van der Waals surface area (Å²) < 4.78 is 66.9. The number of rotatable bonds is 3. The fourth-order valence-corrected chi connectivity index (χ4v) is 1.58. The summed E-state index contributed by atoms with van der Waals surface area (Å²) in [6.45, 7) is 0. The van der Waals surface area contributed by atoms with Gasteiger partial charge in [0.25, 0.3) is 0 Å². The molecule has 0 saturated carbocycles. The summed E-state index contributed by atoms with van der Waals surface area (Å²) >= 11 is 5.76. The van der Waals surface area contributed by atoms with Crippen LogP contribution in [0.25, 0.3) is 5.69 Å². The number of aromatic nitrogens is 2. The highest BCUT2D eigenvalue weighted by Gasteiger charge is 2.61. The Morgan fingerprint density at radius 2 is 1.90 bits per heavy atom. The number of halogens is 6. The topological polar surface area (TPSA) is 27.1 Å². The van der Waals surface area contributed by atoms with Crippen LogP contribution in [-0.4, -0.2) is 21.8 Å². The number of benzene rings is 1. The van der Waals surface area contributed by atoms with Gasteiger partial charge in [-0.2, -0.15) is 22.0 Å². The highest BCUT2D eigenvalue weighted by molar-refractivity contribution is 6.33. The molecule has 2 rings (SSSR count).